The lowest BCUT2D eigenvalue weighted by Gasteiger charge is -2.32. The van der Waals surface area contributed by atoms with Gasteiger partial charge in [-0.2, -0.15) is 0 Å². The molecular formula is C28H32BrN3O4S. The van der Waals surface area contributed by atoms with Crippen molar-refractivity contribution < 1.29 is 18.0 Å². The lowest BCUT2D eigenvalue weighted by atomic mass is 10.1. The summed E-state index contributed by atoms with van der Waals surface area (Å²) in [6.07, 6.45) is 1.76. The second-order valence-electron chi connectivity index (χ2n) is 8.63. The molecule has 0 aliphatic rings. The van der Waals surface area contributed by atoms with Crippen molar-refractivity contribution in [1.29, 1.82) is 0 Å². The summed E-state index contributed by atoms with van der Waals surface area (Å²) in [5.74, 6) is -0.765. The number of benzene rings is 3. The minimum atomic E-state index is -4.07. The lowest BCUT2D eigenvalue weighted by Crippen LogP contribution is -2.51. The molecule has 37 heavy (non-hydrogen) atoms. The highest BCUT2D eigenvalue weighted by atomic mass is 79.9. The van der Waals surface area contributed by atoms with Gasteiger partial charge in [0.25, 0.3) is 10.0 Å². The predicted octanol–water partition coefficient (Wildman–Crippen LogP) is 4.98. The largest absolute Gasteiger partial charge is 0.354 e. The maximum atomic E-state index is 13.8. The number of carbonyl (C=O) groups excluding carboxylic acids is 2. The highest BCUT2D eigenvalue weighted by molar-refractivity contribution is 9.10. The Balaban J connectivity index is 1.97. The van der Waals surface area contributed by atoms with E-state index in [0.29, 0.717) is 16.7 Å². The Hall–Kier alpha value is -3.17. The van der Waals surface area contributed by atoms with Crippen molar-refractivity contribution in [2.75, 3.05) is 17.4 Å². The molecule has 7 nitrogen and oxygen atoms in total. The van der Waals surface area contributed by atoms with E-state index >= 15 is 0 Å². The fraction of sp³-hybridized carbons (Fsp3) is 0.286. The lowest BCUT2D eigenvalue weighted by molar-refractivity contribution is -0.139. The molecule has 3 aromatic rings. The topological polar surface area (TPSA) is 86.8 Å². The van der Waals surface area contributed by atoms with Gasteiger partial charge in [-0.3, -0.25) is 13.9 Å². The van der Waals surface area contributed by atoms with E-state index in [0.717, 1.165) is 22.7 Å². The monoisotopic (exact) mass is 585 g/mol. The van der Waals surface area contributed by atoms with E-state index in [2.05, 4.69) is 21.2 Å². The van der Waals surface area contributed by atoms with Crippen LogP contribution in [0.1, 0.15) is 32.3 Å². The van der Waals surface area contributed by atoms with Crippen LogP contribution in [0, 0.1) is 0 Å². The summed E-state index contributed by atoms with van der Waals surface area (Å²) < 4.78 is 29.2. The second kappa shape index (κ2) is 13.4. The number of nitrogens with zero attached hydrogens (tertiary/aromatic N) is 2. The predicted molar refractivity (Wildman–Crippen MR) is 149 cm³/mol. The molecule has 0 saturated carbocycles. The van der Waals surface area contributed by atoms with E-state index in [1.54, 1.807) is 49.4 Å². The molecule has 0 aliphatic heterocycles. The van der Waals surface area contributed by atoms with Gasteiger partial charge in [0.1, 0.15) is 12.6 Å². The zero-order valence-corrected chi connectivity index (χ0v) is 23.4. The molecule has 0 heterocycles. The molecule has 1 atom stereocenters. The molecule has 2 amide bonds. The van der Waals surface area contributed by atoms with E-state index in [1.165, 1.54) is 17.0 Å². The molecule has 0 aromatic heterocycles. The average Bonchev–Trinajstić information content (AvgIpc) is 2.91. The summed E-state index contributed by atoms with van der Waals surface area (Å²) in [6.45, 7) is 3.91. The molecule has 0 bridgehead atoms. The molecular weight excluding hydrogens is 554 g/mol. The minimum absolute atomic E-state index is 0.0720. The summed E-state index contributed by atoms with van der Waals surface area (Å²) in [6, 6.07) is 23.3. The number of anilines is 1. The van der Waals surface area contributed by atoms with Crippen LogP contribution in [0.4, 0.5) is 5.69 Å². The third kappa shape index (κ3) is 7.66. The highest BCUT2D eigenvalue weighted by Gasteiger charge is 2.32. The molecule has 196 valence electrons. The number of hydrogen-bond acceptors (Lipinski definition) is 4. The third-order valence-corrected chi connectivity index (χ3v) is 8.18. The van der Waals surface area contributed by atoms with Crippen LogP contribution in [-0.4, -0.2) is 44.3 Å². The summed E-state index contributed by atoms with van der Waals surface area (Å²) >= 11 is 3.40. The number of unbranched alkanes of at least 4 members (excludes halogenated alkanes) is 1. The number of nitrogens with one attached hydrogen (secondary N) is 1. The number of amides is 2. The van der Waals surface area contributed by atoms with E-state index in [4.69, 9.17) is 0 Å². The Morgan fingerprint density at radius 1 is 0.946 bits per heavy atom. The third-order valence-electron chi connectivity index (χ3n) is 5.90. The van der Waals surface area contributed by atoms with Crippen molar-refractivity contribution in [2.24, 2.45) is 0 Å². The first-order valence-corrected chi connectivity index (χ1v) is 14.4. The van der Waals surface area contributed by atoms with Gasteiger partial charge in [0.05, 0.1) is 10.6 Å². The van der Waals surface area contributed by atoms with Crippen LogP contribution in [-0.2, 0) is 26.2 Å². The van der Waals surface area contributed by atoms with Crippen molar-refractivity contribution in [3.8, 4) is 0 Å². The van der Waals surface area contributed by atoms with Crippen LogP contribution in [0.15, 0.2) is 94.3 Å². The highest BCUT2D eigenvalue weighted by Crippen LogP contribution is 2.27. The van der Waals surface area contributed by atoms with Crippen molar-refractivity contribution in [2.45, 2.75) is 44.2 Å². The van der Waals surface area contributed by atoms with E-state index < -0.39 is 28.5 Å². The maximum absolute atomic E-state index is 13.8. The van der Waals surface area contributed by atoms with E-state index in [9.17, 15) is 18.0 Å². The quantitative estimate of drug-likeness (QED) is 0.304. The average molecular weight is 587 g/mol. The van der Waals surface area contributed by atoms with E-state index in [1.807, 2.05) is 37.3 Å². The molecule has 1 N–H and O–H groups in total. The van der Waals surface area contributed by atoms with Gasteiger partial charge in [-0.15, -0.1) is 0 Å². The molecule has 3 rings (SSSR count). The fourth-order valence-electron chi connectivity index (χ4n) is 3.78. The van der Waals surface area contributed by atoms with Gasteiger partial charge in [-0.25, -0.2) is 8.42 Å². The van der Waals surface area contributed by atoms with Gasteiger partial charge in [-0.1, -0.05) is 83.9 Å². The molecule has 0 aliphatic carbocycles. The first kappa shape index (κ1) is 28.4. The number of halogens is 1. The number of hydrogen-bond donors (Lipinski definition) is 1. The Bertz CT molecular complexity index is 1290. The van der Waals surface area contributed by atoms with Crippen LogP contribution in [0.5, 0.6) is 0 Å². The van der Waals surface area contributed by atoms with Gasteiger partial charge in [0.15, 0.2) is 0 Å². The Morgan fingerprint density at radius 3 is 2.22 bits per heavy atom. The Labute approximate surface area is 227 Å². The van der Waals surface area contributed by atoms with Crippen molar-refractivity contribution in [3.05, 3.63) is 95.0 Å². The zero-order chi connectivity index (χ0) is 26.8. The number of sulfonamides is 1. The van der Waals surface area contributed by atoms with Crippen LogP contribution >= 0.6 is 15.9 Å². The smallest absolute Gasteiger partial charge is 0.264 e. The van der Waals surface area contributed by atoms with Gasteiger partial charge < -0.3 is 10.2 Å². The van der Waals surface area contributed by atoms with E-state index in [-0.39, 0.29) is 17.3 Å². The molecule has 3 aromatic carbocycles. The summed E-state index contributed by atoms with van der Waals surface area (Å²) in [5.41, 5.74) is 1.18. The summed E-state index contributed by atoms with van der Waals surface area (Å²) in [5, 5.41) is 2.88. The first-order valence-electron chi connectivity index (χ1n) is 12.2. The van der Waals surface area contributed by atoms with Gasteiger partial charge in [0, 0.05) is 17.6 Å². The normalized spacial score (nSPS) is 12.0. The first-order chi connectivity index (χ1) is 17.7. The van der Waals surface area contributed by atoms with Crippen molar-refractivity contribution >= 4 is 43.5 Å². The molecule has 0 spiro atoms. The Morgan fingerprint density at radius 2 is 1.59 bits per heavy atom. The maximum Gasteiger partial charge on any atom is 0.264 e. The standard InChI is InChI=1S/C28H32BrN3O4S/c1-3-4-18-30-28(34)22(2)31(20-23-12-7-5-8-13-23)27(33)21-32(25-15-11-14-24(29)19-25)37(35,36)26-16-9-6-10-17-26/h5-17,19,22H,3-4,18,20-21H2,1-2H3,(H,30,34)/t22-/m0/s1. The second-order valence-corrected chi connectivity index (χ2v) is 11.4. The van der Waals surface area contributed by atoms with Gasteiger partial charge >= 0.3 is 0 Å². The van der Waals surface area contributed by atoms with Gasteiger partial charge in [0.2, 0.25) is 11.8 Å². The molecule has 0 saturated heterocycles. The van der Waals surface area contributed by atoms with Crippen LogP contribution in [0.3, 0.4) is 0 Å². The fourth-order valence-corrected chi connectivity index (χ4v) is 5.59. The molecule has 0 unspecified atom stereocenters. The zero-order valence-electron chi connectivity index (χ0n) is 21.0. The summed E-state index contributed by atoms with van der Waals surface area (Å²) in [4.78, 5) is 28.2. The van der Waals surface area contributed by atoms with Crippen LogP contribution < -0.4 is 9.62 Å². The Kier molecular flexibility index (Phi) is 10.3. The van der Waals surface area contributed by atoms with Crippen LogP contribution in [0.2, 0.25) is 0 Å². The van der Waals surface area contributed by atoms with Crippen molar-refractivity contribution in [3.63, 3.8) is 0 Å². The van der Waals surface area contributed by atoms with Crippen molar-refractivity contribution in [1.82, 2.24) is 10.2 Å². The number of carbonyl (C=O) groups is 2. The molecule has 9 heteroatoms. The minimum Gasteiger partial charge on any atom is -0.354 e. The summed E-state index contributed by atoms with van der Waals surface area (Å²) in [7, 11) is -4.07. The SMILES string of the molecule is CCCCNC(=O)[C@H](C)N(Cc1ccccc1)C(=O)CN(c1cccc(Br)c1)S(=O)(=O)c1ccccc1. The van der Waals surface area contributed by atoms with Crippen LogP contribution in [0.25, 0.3) is 0 Å². The molecule has 0 radical (unpaired) electrons. The van der Waals surface area contributed by atoms with Gasteiger partial charge in [-0.05, 0) is 49.2 Å². The molecule has 0 fully saturated rings. The number of rotatable bonds is 12.